The minimum atomic E-state index is -0.00163. The van der Waals surface area contributed by atoms with Crippen LogP contribution >= 0.6 is 0 Å². The number of unbranched alkanes of at least 4 members (excludes halogenated alkanes) is 1. The summed E-state index contributed by atoms with van der Waals surface area (Å²) in [5, 5.41) is 6.60. The van der Waals surface area contributed by atoms with E-state index in [9.17, 15) is 4.79 Å². The summed E-state index contributed by atoms with van der Waals surface area (Å²) in [6.45, 7) is 10.7. The van der Waals surface area contributed by atoms with E-state index in [1.54, 1.807) is 16.7 Å². The van der Waals surface area contributed by atoms with E-state index in [0.717, 1.165) is 38.4 Å². The van der Waals surface area contributed by atoms with Gasteiger partial charge in [0.25, 0.3) is 0 Å². The van der Waals surface area contributed by atoms with Crippen LogP contribution in [0.1, 0.15) is 40.5 Å². The summed E-state index contributed by atoms with van der Waals surface area (Å²) in [5.41, 5.74) is 0.0574. The van der Waals surface area contributed by atoms with E-state index in [1.807, 2.05) is 12.3 Å². The van der Waals surface area contributed by atoms with Gasteiger partial charge in [-0.15, -0.1) is 0 Å². The zero-order valence-corrected chi connectivity index (χ0v) is 13.6. The first kappa shape index (κ1) is 17.3. The largest absolute Gasteiger partial charge is 0.357 e. The first-order valence-electron chi connectivity index (χ1n) is 7.64. The SMILES string of the molecule is CCNC(=NCCCCn1ccccc1=O)NC(C)(C)C. The van der Waals surface area contributed by atoms with Gasteiger partial charge in [0.15, 0.2) is 5.96 Å². The molecule has 0 aromatic carbocycles. The minimum absolute atomic E-state index is 0.00163. The van der Waals surface area contributed by atoms with Crippen LogP contribution in [0.3, 0.4) is 0 Å². The number of aliphatic imine (C=N–C) groups is 1. The van der Waals surface area contributed by atoms with Gasteiger partial charge in [-0.3, -0.25) is 9.79 Å². The molecule has 21 heavy (non-hydrogen) atoms. The van der Waals surface area contributed by atoms with Gasteiger partial charge in [0.05, 0.1) is 0 Å². The lowest BCUT2D eigenvalue weighted by molar-refractivity contribution is 0.500. The molecule has 0 saturated carbocycles. The molecule has 0 saturated heterocycles. The van der Waals surface area contributed by atoms with Gasteiger partial charge in [0, 0.05) is 37.4 Å². The Morgan fingerprint density at radius 1 is 1.29 bits per heavy atom. The van der Waals surface area contributed by atoms with Crippen LogP contribution in [-0.4, -0.2) is 29.2 Å². The smallest absolute Gasteiger partial charge is 0.250 e. The second kappa shape index (κ2) is 8.49. The molecule has 1 heterocycles. The highest BCUT2D eigenvalue weighted by Gasteiger charge is 2.11. The molecule has 0 spiro atoms. The summed E-state index contributed by atoms with van der Waals surface area (Å²) >= 11 is 0. The molecule has 0 bridgehead atoms. The average Bonchev–Trinajstić information content (AvgIpc) is 2.39. The third-order valence-corrected chi connectivity index (χ3v) is 2.81. The molecule has 2 N–H and O–H groups in total. The molecule has 5 nitrogen and oxygen atoms in total. The van der Waals surface area contributed by atoms with Gasteiger partial charge in [-0.05, 0) is 46.6 Å². The van der Waals surface area contributed by atoms with Crippen LogP contribution in [-0.2, 0) is 6.54 Å². The predicted octanol–water partition coefficient (Wildman–Crippen LogP) is 1.98. The molecule has 1 rings (SSSR count). The van der Waals surface area contributed by atoms with Crippen molar-refractivity contribution in [3.8, 4) is 0 Å². The summed E-state index contributed by atoms with van der Waals surface area (Å²) in [6.07, 6.45) is 3.74. The number of hydrogen-bond acceptors (Lipinski definition) is 2. The van der Waals surface area contributed by atoms with E-state index in [1.165, 1.54) is 0 Å². The molecular formula is C16H28N4O. The molecule has 0 aliphatic carbocycles. The van der Waals surface area contributed by atoms with Crippen LogP contribution in [0.4, 0.5) is 0 Å². The standard InChI is InChI=1S/C16H28N4O/c1-5-17-15(19-16(2,3)4)18-11-7-9-13-20-12-8-6-10-14(20)21/h6,8,10,12H,5,7,9,11,13H2,1-4H3,(H2,17,18,19). The van der Waals surface area contributed by atoms with Crippen molar-refractivity contribution in [1.82, 2.24) is 15.2 Å². The Balaban J connectivity index is 2.38. The maximum atomic E-state index is 11.5. The second-order valence-electron chi connectivity index (χ2n) is 6.08. The molecule has 0 fully saturated rings. The lowest BCUT2D eigenvalue weighted by atomic mass is 10.1. The third kappa shape index (κ3) is 7.54. The molecule has 0 atom stereocenters. The highest BCUT2D eigenvalue weighted by atomic mass is 16.1. The quantitative estimate of drug-likeness (QED) is 0.479. The molecule has 1 aromatic rings. The van der Waals surface area contributed by atoms with Gasteiger partial charge < -0.3 is 15.2 Å². The van der Waals surface area contributed by atoms with Gasteiger partial charge in [-0.25, -0.2) is 0 Å². The average molecular weight is 292 g/mol. The first-order chi connectivity index (χ1) is 9.92. The normalized spacial score (nSPS) is 12.3. The van der Waals surface area contributed by atoms with E-state index in [-0.39, 0.29) is 11.1 Å². The maximum absolute atomic E-state index is 11.5. The molecule has 0 amide bonds. The van der Waals surface area contributed by atoms with E-state index in [4.69, 9.17) is 0 Å². The van der Waals surface area contributed by atoms with Crippen molar-refractivity contribution in [1.29, 1.82) is 0 Å². The Labute approximate surface area is 127 Å². The second-order valence-corrected chi connectivity index (χ2v) is 6.08. The van der Waals surface area contributed by atoms with Crippen LogP contribution in [0.15, 0.2) is 34.2 Å². The molecule has 0 aliphatic rings. The van der Waals surface area contributed by atoms with E-state index in [2.05, 4.69) is 43.3 Å². The predicted molar refractivity (Wildman–Crippen MR) is 88.8 cm³/mol. The lowest BCUT2D eigenvalue weighted by Gasteiger charge is -2.23. The fraction of sp³-hybridized carbons (Fsp3) is 0.625. The van der Waals surface area contributed by atoms with Crippen LogP contribution in [0.25, 0.3) is 0 Å². The van der Waals surface area contributed by atoms with Crippen molar-refractivity contribution in [2.45, 2.75) is 52.6 Å². The zero-order valence-electron chi connectivity index (χ0n) is 13.6. The van der Waals surface area contributed by atoms with Gasteiger partial charge in [-0.2, -0.15) is 0 Å². The Bertz CT molecular complexity index is 499. The fourth-order valence-electron chi connectivity index (χ4n) is 1.89. The molecule has 0 aliphatic heterocycles. The number of pyridine rings is 1. The van der Waals surface area contributed by atoms with Gasteiger partial charge >= 0.3 is 0 Å². The van der Waals surface area contributed by atoms with E-state index < -0.39 is 0 Å². The van der Waals surface area contributed by atoms with Crippen LogP contribution in [0, 0.1) is 0 Å². The number of aromatic nitrogens is 1. The summed E-state index contributed by atoms with van der Waals surface area (Å²) in [4.78, 5) is 16.1. The monoisotopic (exact) mass is 292 g/mol. The summed E-state index contributed by atoms with van der Waals surface area (Å²) in [7, 11) is 0. The number of guanidine groups is 1. The van der Waals surface area contributed by atoms with Crippen molar-refractivity contribution in [3.63, 3.8) is 0 Å². The van der Waals surface area contributed by atoms with Crippen LogP contribution in [0.5, 0.6) is 0 Å². The molecular weight excluding hydrogens is 264 g/mol. The molecule has 0 radical (unpaired) electrons. The molecule has 0 unspecified atom stereocenters. The Hall–Kier alpha value is -1.78. The fourth-order valence-corrected chi connectivity index (χ4v) is 1.89. The highest BCUT2D eigenvalue weighted by molar-refractivity contribution is 5.80. The topological polar surface area (TPSA) is 58.4 Å². The van der Waals surface area contributed by atoms with Gasteiger partial charge in [-0.1, -0.05) is 6.07 Å². The van der Waals surface area contributed by atoms with Gasteiger partial charge in [0.1, 0.15) is 0 Å². The maximum Gasteiger partial charge on any atom is 0.250 e. The van der Waals surface area contributed by atoms with Crippen molar-refractivity contribution >= 4 is 5.96 Å². The lowest BCUT2D eigenvalue weighted by Crippen LogP contribution is -2.47. The molecule has 5 heteroatoms. The third-order valence-electron chi connectivity index (χ3n) is 2.81. The summed E-state index contributed by atoms with van der Waals surface area (Å²) in [5.74, 6) is 0.849. The number of nitrogens with zero attached hydrogens (tertiary/aromatic N) is 2. The van der Waals surface area contributed by atoms with Crippen molar-refractivity contribution in [2.75, 3.05) is 13.1 Å². The van der Waals surface area contributed by atoms with E-state index in [0.29, 0.717) is 0 Å². The minimum Gasteiger partial charge on any atom is -0.357 e. The Morgan fingerprint density at radius 2 is 2.05 bits per heavy atom. The van der Waals surface area contributed by atoms with Gasteiger partial charge in [0.2, 0.25) is 5.56 Å². The van der Waals surface area contributed by atoms with Crippen molar-refractivity contribution in [2.24, 2.45) is 4.99 Å². The Kier molecular flexibility index (Phi) is 6.99. The number of nitrogens with one attached hydrogen (secondary N) is 2. The van der Waals surface area contributed by atoms with Crippen LogP contribution in [0.2, 0.25) is 0 Å². The first-order valence-corrected chi connectivity index (χ1v) is 7.64. The zero-order chi connectivity index (χ0) is 15.7. The highest BCUT2D eigenvalue weighted by Crippen LogP contribution is 1.99. The molecule has 1 aromatic heterocycles. The Morgan fingerprint density at radius 3 is 2.67 bits per heavy atom. The number of aryl methyl sites for hydroxylation is 1. The summed E-state index contributed by atoms with van der Waals surface area (Å²) in [6, 6.07) is 5.24. The number of rotatable bonds is 6. The van der Waals surface area contributed by atoms with Crippen molar-refractivity contribution in [3.05, 3.63) is 34.7 Å². The van der Waals surface area contributed by atoms with E-state index >= 15 is 0 Å². The van der Waals surface area contributed by atoms with Crippen molar-refractivity contribution < 1.29 is 0 Å². The van der Waals surface area contributed by atoms with Crippen LogP contribution < -0.4 is 16.2 Å². The number of hydrogen-bond donors (Lipinski definition) is 2. The summed E-state index contributed by atoms with van der Waals surface area (Å²) < 4.78 is 1.74. The molecule has 118 valence electrons.